The molecule has 29 heavy (non-hydrogen) atoms. The molecule has 7 heteroatoms. The maximum atomic E-state index is 12.4. The van der Waals surface area contributed by atoms with Crippen molar-refractivity contribution in [3.8, 4) is 0 Å². The highest BCUT2D eigenvalue weighted by atomic mass is 32.2. The minimum absolute atomic E-state index is 0.0529. The normalized spacial score (nSPS) is 11.5. The van der Waals surface area contributed by atoms with Crippen molar-refractivity contribution in [1.82, 2.24) is 5.32 Å². The average Bonchev–Trinajstić information content (AvgIpc) is 3.26. The van der Waals surface area contributed by atoms with Gasteiger partial charge in [-0.25, -0.2) is 4.79 Å². The third-order valence-electron chi connectivity index (χ3n) is 4.13. The lowest BCUT2D eigenvalue weighted by molar-refractivity contribution is -0.115. The Bertz CT molecular complexity index is 912. The molecular weight excluding hydrogens is 386 g/mol. The molecular formula is C22H23N3O3S. The predicted molar refractivity (Wildman–Crippen MR) is 117 cm³/mol. The first-order chi connectivity index (χ1) is 14.1. The zero-order valence-corrected chi connectivity index (χ0v) is 16.9. The van der Waals surface area contributed by atoms with E-state index in [0.29, 0.717) is 23.7 Å². The van der Waals surface area contributed by atoms with Crippen LogP contribution in [0, 0.1) is 0 Å². The van der Waals surface area contributed by atoms with Gasteiger partial charge in [0.25, 0.3) is 0 Å². The Morgan fingerprint density at radius 1 is 0.931 bits per heavy atom. The molecule has 0 spiro atoms. The van der Waals surface area contributed by atoms with E-state index >= 15 is 0 Å². The standard InChI is InChI=1S/C22H23N3O3S/c1-16(29-15-17-6-3-2-4-7-17)21(26)24-18-9-11-19(12-10-18)25-22(27)23-14-20-8-5-13-28-20/h2-13,16H,14-15H2,1H3,(H,24,26)(H2,23,25,27). The van der Waals surface area contributed by atoms with Crippen LogP contribution in [0.3, 0.4) is 0 Å². The molecule has 1 aromatic heterocycles. The highest BCUT2D eigenvalue weighted by Gasteiger charge is 2.13. The van der Waals surface area contributed by atoms with Gasteiger partial charge in [-0.05, 0) is 48.9 Å². The SMILES string of the molecule is CC(SCc1ccccc1)C(=O)Nc1ccc(NC(=O)NCc2ccco2)cc1. The van der Waals surface area contributed by atoms with Crippen LogP contribution in [0.15, 0.2) is 77.4 Å². The Morgan fingerprint density at radius 3 is 2.28 bits per heavy atom. The zero-order valence-electron chi connectivity index (χ0n) is 16.1. The van der Waals surface area contributed by atoms with E-state index in [2.05, 4.69) is 16.0 Å². The molecule has 1 unspecified atom stereocenters. The highest BCUT2D eigenvalue weighted by molar-refractivity contribution is 7.99. The van der Waals surface area contributed by atoms with Crippen LogP contribution in [-0.4, -0.2) is 17.2 Å². The first-order valence-corrected chi connectivity index (χ1v) is 10.3. The first kappa shape index (κ1) is 20.5. The van der Waals surface area contributed by atoms with Crippen LogP contribution in [0.25, 0.3) is 0 Å². The monoisotopic (exact) mass is 409 g/mol. The van der Waals surface area contributed by atoms with Gasteiger partial charge < -0.3 is 20.4 Å². The number of benzene rings is 2. The molecule has 0 bridgehead atoms. The maximum Gasteiger partial charge on any atom is 0.319 e. The largest absolute Gasteiger partial charge is 0.467 e. The summed E-state index contributed by atoms with van der Waals surface area (Å²) in [5.74, 6) is 1.41. The first-order valence-electron chi connectivity index (χ1n) is 9.24. The second-order valence-electron chi connectivity index (χ2n) is 6.39. The van der Waals surface area contributed by atoms with Crippen molar-refractivity contribution in [3.63, 3.8) is 0 Å². The summed E-state index contributed by atoms with van der Waals surface area (Å²) in [6.07, 6.45) is 1.56. The van der Waals surface area contributed by atoms with E-state index in [-0.39, 0.29) is 17.2 Å². The van der Waals surface area contributed by atoms with Gasteiger partial charge in [-0.2, -0.15) is 0 Å². The number of rotatable bonds is 8. The van der Waals surface area contributed by atoms with Crippen molar-refractivity contribution in [2.45, 2.75) is 24.5 Å². The molecule has 3 N–H and O–H groups in total. The maximum absolute atomic E-state index is 12.4. The summed E-state index contributed by atoms with van der Waals surface area (Å²) >= 11 is 1.59. The fourth-order valence-corrected chi connectivity index (χ4v) is 3.35. The summed E-state index contributed by atoms with van der Waals surface area (Å²) in [4.78, 5) is 24.3. The molecule has 1 heterocycles. The fourth-order valence-electron chi connectivity index (χ4n) is 2.51. The lowest BCUT2D eigenvalue weighted by Gasteiger charge is -2.13. The molecule has 0 aliphatic rings. The van der Waals surface area contributed by atoms with Crippen LogP contribution in [0.5, 0.6) is 0 Å². The topological polar surface area (TPSA) is 83.4 Å². The molecule has 0 radical (unpaired) electrons. The van der Waals surface area contributed by atoms with E-state index in [9.17, 15) is 9.59 Å². The summed E-state index contributed by atoms with van der Waals surface area (Å²) in [5.41, 5.74) is 2.51. The van der Waals surface area contributed by atoms with E-state index in [4.69, 9.17) is 4.42 Å². The number of furan rings is 1. The number of amides is 3. The molecule has 0 aliphatic carbocycles. The molecule has 150 valence electrons. The van der Waals surface area contributed by atoms with Crippen molar-refractivity contribution in [1.29, 1.82) is 0 Å². The summed E-state index contributed by atoms with van der Waals surface area (Å²) in [6, 6.07) is 20.3. The Morgan fingerprint density at radius 2 is 1.62 bits per heavy atom. The molecule has 2 aromatic carbocycles. The van der Waals surface area contributed by atoms with Gasteiger partial charge in [0.2, 0.25) is 5.91 Å². The van der Waals surface area contributed by atoms with Crippen LogP contribution in [0.4, 0.5) is 16.2 Å². The molecule has 6 nitrogen and oxygen atoms in total. The zero-order chi connectivity index (χ0) is 20.5. The van der Waals surface area contributed by atoms with Gasteiger partial charge >= 0.3 is 6.03 Å². The smallest absolute Gasteiger partial charge is 0.319 e. The Balaban J connectivity index is 1.43. The second kappa shape index (κ2) is 10.4. The molecule has 3 rings (SSSR count). The van der Waals surface area contributed by atoms with E-state index in [1.165, 1.54) is 5.56 Å². The van der Waals surface area contributed by atoms with Crippen LogP contribution in [-0.2, 0) is 17.1 Å². The molecule has 0 aliphatic heterocycles. The number of nitrogens with one attached hydrogen (secondary N) is 3. The van der Waals surface area contributed by atoms with Crippen molar-refractivity contribution in [3.05, 3.63) is 84.3 Å². The third kappa shape index (κ3) is 6.73. The van der Waals surface area contributed by atoms with Gasteiger partial charge in [0.1, 0.15) is 5.76 Å². The lowest BCUT2D eigenvalue weighted by atomic mass is 10.2. The van der Waals surface area contributed by atoms with E-state index in [0.717, 1.165) is 5.75 Å². The van der Waals surface area contributed by atoms with Gasteiger partial charge in [-0.1, -0.05) is 30.3 Å². The van der Waals surface area contributed by atoms with E-state index < -0.39 is 0 Å². The molecule has 0 saturated carbocycles. The van der Waals surface area contributed by atoms with E-state index in [1.807, 2.05) is 37.3 Å². The molecule has 0 fully saturated rings. The number of anilines is 2. The Hall–Kier alpha value is -3.19. The van der Waals surface area contributed by atoms with Gasteiger partial charge in [0.15, 0.2) is 0 Å². The summed E-state index contributed by atoms with van der Waals surface area (Å²) in [5, 5.41) is 8.17. The highest BCUT2D eigenvalue weighted by Crippen LogP contribution is 2.20. The molecule has 3 amide bonds. The van der Waals surface area contributed by atoms with E-state index in [1.54, 1.807) is 54.4 Å². The number of carbonyl (C=O) groups excluding carboxylic acids is 2. The second-order valence-corrected chi connectivity index (χ2v) is 7.72. The number of hydrogen-bond donors (Lipinski definition) is 3. The Labute approximate surface area is 174 Å². The van der Waals surface area contributed by atoms with Gasteiger partial charge in [0.05, 0.1) is 18.1 Å². The summed E-state index contributed by atoms with van der Waals surface area (Å²) in [6.45, 7) is 2.20. The minimum atomic E-state index is -0.330. The van der Waals surface area contributed by atoms with Crippen molar-refractivity contribution in [2.75, 3.05) is 10.6 Å². The van der Waals surface area contributed by atoms with Crippen LogP contribution < -0.4 is 16.0 Å². The number of hydrogen-bond acceptors (Lipinski definition) is 4. The van der Waals surface area contributed by atoms with Gasteiger partial charge in [0, 0.05) is 17.1 Å². The lowest BCUT2D eigenvalue weighted by Crippen LogP contribution is -2.28. The number of carbonyl (C=O) groups is 2. The molecule has 3 aromatic rings. The predicted octanol–water partition coefficient (Wildman–Crippen LogP) is 4.86. The van der Waals surface area contributed by atoms with Crippen LogP contribution in [0.2, 0.25) is 0 Å². The van der Waals surface area contributed by atoms with Crippen molar-refractivity contribution in [2.24, 2.45) is 0 Å². The molecule has 1 atom stereocenters. The van der Waals surface area contributed by atoms with Crippen molar-refractivity contribution >= 4 is 35.1 Å². The van der Waals surface area contributed by atoms with Gasteiger partial charge in [-0.3, -0.25) is 4.79 Å². The van der Waals surface area contributed by atoms with Crippen molar-refractivity contribution < 1.29 is 14.0 Å². The third-order valence-corrected chi connectivity index (χ3v) is 5.34. The van der Waals surface area contributed by atoms with Crippen LogP contribution >= 0.6 is 11.8 Å². The molecule has 0 saturated heterocycles. The fraction of sp³-hybridized carbons (Fsp3) is 0.182. The van der Waals surface area contributed by atoms with Crippen LogP contribution in [0.1, 0.15) is 18.2 Å². The number of urea groups is 1. The summed E-state index contributed by atoms with van der Waals surface area (Å²) < 4.78 is 5.16. The number of thioether (sulfide) groups is 1. The quantitative estimate of drug-likeness (QED) is 0.496. The average molecular weight is 410 g/mol. The minimum Gasteiger partial charge on any atom is -0.467 e. The van der Waals surface area contributed by atoms with Gasteiger partial charge in [-0.15, -0.1) is 11.8 Å². The summed E-state index contributed by atoms with van der Waals surface area (Å²) in [7, 11) is 0. The Kier molecular flexibility index (Phi) is 7.35.